The first-order valence-corrected chi connectivity index (χ1v) is 13.8. The molecule has 0 atom stereocenters. The van der Waals surface area contributed by atoms with Gasteiger partial charge >= 0.3 is 0 Å². The van der Waals surface area contributed by atoms with Crippen LogP contribution in [0.2, 0.25) is 0 Å². The summed E-state index contributed by atoms with van der Waals surface area (Å²) in [6.07, 6.45) is 1.46. The van der Waals surface area contributed by atoms with Crippen LogP contribution in [0.5, 0.6) is 11.5 Å². The van der Waals surface area contributed by atoms with Gasteiger partial charge < -0.3 is 9.47 Å². The van der Waals surface area contributed by atoms with Crippen LogP contribution in [0.3, 0.4) is 0 Å². The maximum atomic E-state index is 13.5. The van der Waals surface area contributed by atoms with Gasteiger partial charge in [0.1, 0.15) is 24.7 Å². The second-order valence-corrected chi connectivity index (χ2v) is 10.2. The molecular weight excluding hydrogens is 514 g/mol. The van der Waals surface area contributed by atoms with E-state index in [9.17, 15) is 13.2 Å². The summed E-state index contributed by atoms with van der Waals surface area (Å²) >= 11 is 0. The van der Waals surface area contributed by atoms with E-state index in [2.05, 4.69) is 10.5 Å². The molecule has 0 fully saturated rings. The number of rotatable bonds is 12. The highest BCUT2D eigenvalue weighted by molar-refractivity contribution is 7.92. The van der Waals surface area contributed by atoms with Crippen molar-refractivity contribution in [3.05, 3.63) is 120 Å². The lowest BCUT2D eigenvalue weighted by atomic mass is 10.2. The van der Waals surface area contributed by atoms with Crippen molar-refractivity contribution in [1.82, 2.24) is 5.43 Å². The third kappa shape index (κ3) is 7.45. The van der Waals surface area contributed by atoms with Gasteiger partial charge in [-0.25, -0.2) is 13.8 Å². The SMILES string of the molecule is CCOc1ccc(N(CC(=O)N/N=C\c2ccccc2OCc2ccccc2)S(=O)(=O)c2ccccc2)cc1. The largest absolute Gasteiger partial charge is 0.494 e. The fourth-order valence-electron chi connectivity index (χ4n) is 3.70. The van der Waals surface area contributed by atoms with E-state index in [1.807, 2.05) is 61.5 Å². The Morgan fingerprint density at radius 2 is 1.49 bits per heavy atom. The van der Waals surface area contributed by atoms with E-state index < -0.39 is 22.5 Å². The molecule has 0 saturated carbocycles. The smallest absolute Gasteiger partial charge is 0.264 e. The van der Waals surface area contributed by atoms with E-state index in [0.717, 1.165) is 9.87 Å². The summed E-state index contributed by atoms with van der Waals surface area (Å²) in [5.74, 6) is 0.588. The van der Waals surface area contributed by atoms with Gasteiger partial charge in [0, 0.05) is 5.56 Å². The molecule has 0 spiro atoms. The van der Waals surface area contributed by atoms with Crippen molar-refractivity contribution in [2.45, 2.75) is 18.4 Å². The van der Waals surface area contributed by atoms with Crippen LogP contribution in [-0.4, -0.2) is 33.7 Å². The summed E-state index contributed by atoms with van der Waals surface area (Å²) in [4.78, 5) is 12.9. The number of hydrogen-bond acceptors (Lipinski definition) is 6. The highest BCUT2D eigenvalue weighted by atomic mass is 32.2. The standard InChI is InChI=1S/C30H29N3O5S/c1-2-37-27-19-17-26(18-20-27)33(39(35,36)28-14-7-4-8-15-28)22-30(34)32-31-21-25-13-9-10-16-29(25)38-23-24-11-5-3-6-12-24/h3-21H,2,22-23H2,1H3,(H,32,34)/b31-21-. The molecule has 1 amide bonds. The second kappa shape index (κ2) is 13.3. The van der Waals surface area contributed by atoms with Crippen molar-refractivity contribution < 1.29 is 22.7 Å². The first-order valence-electron chi connectivity index (χ1n) is 12.4. The van der Waals surface area contributed by atoms with Crippen molar-refractivity contribution >= 4 is 27.8 Å². The third-order valence-electron chi connectivity index (χ3n) is 5.60. The second-order valence-electron chi connectivity index (χ2n) is 8.36. The molecule has 9 heteroatoms. The zero-order valence-corrected chi connectivity index (χ0v) is 22.3. The molecule has 1 N–H and O–H groups in total. The Hall–Kier alpha value is -4.63. The lowest BCUT2D eigenvalue weighted by molar-refractivity contribution is -0.119. The molecule has 4 aromatic carbocycles. The van der Waals surface area contributed by atoms with E-state index in [1.54, 1.807) is 42.5 Å². The Morgan fingerprint density at radius 1 is 0.846 bits per heavy atom. The topological polar surface area (TPSA) is 97.3 Å². The van der Waals surface area contributed by atoms with Crippen molar-refractivity contribution in [2.24, 2.45) is 5.10 Å². The zero-order valence-electron chi connectivity index (χ0n) is 21.4. The number of ether oxygens (including phenoxy) is 2. The van der Waals surface area contributed by atoms with E-state index >= 15 is 0 Å². The Balaban J connectivity index is 1.48. The van der Waals surface area contributed by atoms with Crippen molar-refractivity contribution in [3.8, 4) is 11.5 Å². The molecule has 200 valence electrons. The molecule has 0 aliphatic rings. The van der Waals surface area contributed by atoms with E-state index in [4.69, 9.17) is 9.47 Å². The number of carbonyl (C=O) groups excluding carboxylic acids is 1. The zero-order chi connectivity index (χ0) is 27.5. The van der Waals surface area contributed by atoms with Gasteiger partial charge in [-0.3, -0.25) is 9.10 Å². The van der Waals surface area contributed by atoms with Gasteiger partial charge in [-0.2, -0.15) is 5.10 Å². The highest BCUT2D eigenvalue weighted by Gasteiger charge is 2.27. The normalized spacial score (nSPS) is 11.2. The predicted molar refractivity (Wildman–Crippen MR) is 152 cm³/mol. The van der Waals surface area contributed by atoms with Crippen LogP contribution in [0.25, 0.3) is 0 Å². The first-order chi connectivity index (χ1) is 19.0. The summed E-state index contributed by atoms with van der Waals surface area (Å²) in [6, 6.07) is 31.5. The molecular formula is C30H29N3O5S. The molecule has 0 bridgehead atoms. The molecule has 0 radical (unpaired) electrons. The van der Waals surface area contributed by atoms with E-state index in [0.29, 0.717) is 36.0 Å². The molecule has 4 aromatic rings. The number of anilines is 1. The minimum Gasteiger partial charge on any atom is -0.494 e. The average molecular weight is 544 g/mol. The fraction of sp³-hybridized carbons (Fsp3) is 0.133. The number of benzene rings is 4. The van der Waals surface area contributed by atoms with Gasteiger partial charge in [0.05, 0.1) is 23.4 Å². The van der Waals surface area contributed by atoms with Crippen molar-refractivity contribution in [3.63, 3.8) is 0 Å². The van der Waals surface area contributed by atoms with E-state index in [1.165, 1.54) is 18.3 Å². The van der Waals surface area contributed by atoms with E-state index in [-0.39, 0.29) is 4.90 Å². The third-order valence-corrected chi connectivity index (χ3v) is 7.39. The predicted octanol–water partition coefficient (Wildman–Crippen LogP) is 5.01. The number of carbonyl (C=O) groups is 1. The Bertz CT molecular complexity index is 1490. The van der Waals surface area contributed by atoms with Gasteiger partial charge in [0.25, 0.3) is 15.9 Å². The highest BCUT2D eigenvalue weighted by Crippen LogP contribution is 2.26. The summed E-state index contributed by atoms with van der Waals surface area (Å²) < 4.78 is 39.4. The lowest BCUT2D eigenvalue weighted by Crippen LogP contribution is -2.39. The molecule has 4 rings (SSSR count). The molecule has 8 nitrogen and oxygen atoms in total. The molecule has 0 aromatic heterocycles. The van der Waals surface area contributed by atoms with Gasteiger partial charge in [-0.05, 0) is 61.0 Å². The molecule has 0 aliphatic heterocycles. The monoisotopic (exact) mass is 543 g/mol. The lowest BCUT2D eigenvalue weighted by Gasteiger charge is -2.24. The maximum Gasteiger partial charge on any atom is 0.264 e. The molecule has 0 saturated heterocycles. The van der Waals surface area contributed by atoms with Crippen molar-refractivity contribution in [1.29, 1.82) is 0 Å². The number of hydrogen-bond donors (Lipinski definition) is 1. The van der Waals surface area contributed by atoms with Crippen LogP contribution in [0.4, 0.5) is 5.69 Å². The Labute approximate surface area is 228 Å². The fourth-order valence-corrected chi connectivity index (χ4v) is 5.15. The average Bonchev–Trinajstić information content (AvgIpc) is 2.97. The molecule has 39 heavy (non-hydrogen) atoms. The quantitative estimate of drug-likeness (QED) is 0.200. The number of para-hydroxylation sites is 1. The molecule has 0 heterocycles. The van der Waals surface area contributed by atoms with Crippen molar-refractivity contribution in [2.75, 3.05) is 17.5 Å². The number of amides is 1. The van der Waals surface area contributed by atoms with Crippen LogP contribution in [0, 0.1) is 0 Å². The van der Waals surface area contributed by atoms with Crippen LogP contribution in [0.1, 0.15) is 18.1 Å². The number of nitrogens with one attached hydrogen (secondary N) is 1. The van der Waals surface area contributed by atoms with Gasteiger partial charge in [-0.15, -0.1) is 0 Å². The summed E-state index contributed by atoms with van der Waals surface area (Å²) in [5, 5.41) is 4.05. The molecule has 0 unspecified atom stereocenters. The van der Waals surface area contributed by atoms with Gasteiger partial charge in [0.15, 0.2) is 0 Å². The van der Waals surface area contributed by atoms with Crippen LogP contribution < -0.4 is 19.2 Å². The van der Waals surface area contributed by atoms with Crippen LogP contribution in [0.15, 0.2) is 119 Å². The minimum absolute atomic E-state index is 0.0691. The number of sulfonamides is 1. The first kappa shape index (κ1) is 27.4. The number of hydrazone groups is 1. The summed E-state index contributed by atoms with van der Waals surface area (Å²) in [6.45, 7) is 2.24. The Kier molecular flexibility index (Phi) is 9.31. The number of nitrogens with zero attached hydrogens (tertiary/aromatic N) is 2. The van der Waals surface area contributed by atoms with Crippen LogP contribution >= 0.6 is 0 Å². The van der Waals surface area contributed by atoms with Gasteiger partial charge in [0.2, 0.25) is 0 Å². The Morgan fingerprint density at radius 3 is 2.18 bits per heavy atom. The minimum atomic E-state index is -4.03. The summed E-state index contributed by atoms with van der Waals surface area (Å²) in [7, 11) is -4.03. The molecule has 0 aliphatic carbocycles. The van der Waals surface area contributed by atoms with Crippen LogP contribution in [-0.2, 0) is 21.4 Å². The summed E-state index contributed by atoms with van der Waals surface area (Å²) in [5.41, 5.74) is 4.43. The van der Waals surface area contributed by atoms with Gasteiger partial charge in [-0.1, -0.05) is 60.7 Å². The maximum absolute atomic E-state index is 13.5.